The van der Waals surface area contributed by atoms with Crippen molar-refractivity contribution in [2.24, 2.45) is 0 Å². The highest BCUT2D eigenvalue weighted by Gasteiger charge is 2.14. The van der Waals surface area contributed by atoms with Gasteiger partial charge >= 0.3 is 0 Å². The fraction of sp³-hybridized carbons (Fsp3) is 0.208. The molecule has 0 aliphatic rings. The Balaban J connectivity index is 1.70. The monoisotopic (exact) mass is 421 g/mol. The van der Waals surface area contributed by atoms with Gasteiger partial charge in [-0.15, -0.1) is 0 Å². The second-order valence-corrected chi connectivity index (χ2v) is 7.22. The molecule has 1 heterocycles. The molecule has 0 saturated heterocycles. The molecule has 0 spiro atoms. The Labute approximate surface area is 181 Å². The van der Waals surface area contributed by atoms with Crippen molar-refractivity contribution in [1.82, 2.24) is 0 Å². The van der Waals surface area contributed by atoms with E-state index in [1.807, 2.05) is 47.3 Å². The predicted octanol–water partition coefficient (Wildman–Crippen LogP) is 4.38. The summed E-state index contributed by atoms with van der Waals surface area (Å²) in [7, 11) is 3.09. The smallest absolute Gasteiger partial charge is 0.187 e. The maximum atomic E-state index is 12.6. The highest BCUT2D eigenvalue weighted by molar-refractivity contribution is 6.30. The highest BCUT2D eigenvalue weighted by atomic mass is 35.5. The SMILES string of the molecule is COc1ccc(C(=O)CCc2cc[n+](Cc3ccc(Cl)cc3)cc2C#N)cc1OC. The Morgan fingerprint density at radius 1 is 1.07 bits per heavy atom. The summed E-state index contributed by atoms with van der Waals surface area (Å²) in [6.07, 6.45) is 4.51. The predicted molar refractivity (Wildman–Crippen MR) is 114 cm³/mol. The van der Waals surface area contributed by atoms with Crippen LogP contribution in [-0.2, 0) is 13.0 Å². The van der Waals surface area contributed by atoms with Crippen LogP contribution in [0.2, 0.25) is 5.02 Å². The number of aryl methyl sites for hydroxylation is 1. The maximum Gasteiger partial charge on any atom is 0.187 e. The number of nitriles is 1. The average molecular weight is 422 g/mol. The van der Waals surface area contributed by atoms with E-state index in [-0.39, 0.29) is 5.78 Å². The summed E-state index contributed by atoms with van der Waals surface area (Å²) in [6, 6.07) is 16.9. The number of hydrogen-bond donors (Lipinski definition) is 0. The quantitative estimate of drug-likeness (QED) is 0.400. The van der Waals surface area contributed by atoms with E-state index in [1.165, 1.54) is 7.11 Å². The molecule has 0 N–H and O–H groups in total. The fourth-order valence-electron chi connectivity index (χ4n) is 3.19. The molecule has 5 nitrogen and oxygen atoms in total. The zero-order valence-electron chi connectivity index (χ0n) is 16.9. The summed E-state index contributed by atoms with van der Waals surface area (Å²) in [5.74, 6) is 1.08. The van der Waals surface area contributed by atoms with E-state index in [1.54, 1.807) is 25.3 Å². The first-order chi connectivity index (χ1) is 14.5. The van der Waals surface area contributed by atoms with Gasteiger partial charge in [-0.1, -0.05) is 23.7 Å². The minimum absolute atomic E-state index is 0.0160. The molecule has 0 aliphatic heterocycles. The molecule has 3 aromatic rings. The van der Waals surface area contributed by atoms with E-state index >= 15 is 0 Å². The lowest BCUT2D eigenvalue weighted by atomic mass is 10.0. The average Bonchev–Trinajstić information content (AvgIpc) is 2.78. The number of rotatable bonds is 8. The van der Waals surface area contributed by atoms with Crippen LogP contribution in [-0.4, -0.2) is 20.0 Å². The molecule has 0 atom stereocenters. The second kappa shape index (κ2) is 9.91. The van der Waals surface area contributed by atoms with Gasteiger partial charge in [0, 0.05) is 28.6 Å². The summed E-state index contributed by atoms with van der Waals surface area (Å²) in [6.45, 7) is 0.636. The number of Topliss-reactive ketones (excluding diaryl/α,β-unsaturated/α-hetero) is 1. The van der Waals surface area contributed by atoms with Gasteiger partial charge in [0.2, 0.25) is 0 Å². The number of carbonyl (C=O) groups excluding carboxylic acids is 1. The van der Waals surface area contributed by atoms with Crippen molar-refractivity contribution >= 4 is 17.4 Å². The third-order valence-corrected chi connectivity index (χ3v) is 5.09. The number of ether oxygens (including phenoxy) is 2. The molecule has 0 saturated carbocycles. The normalized spacial score (nSPS) is 10.3. The summed E-state index contributed by atoms with van der Waals surface area (Å²) < 4.78 is 12.4. The van der Waals surface area contributed by atoms with Crippen molar-refractivity contribution in [3.8, 4) is 17.6 Å². The van der Waals surface area contributed by atoms with Gasteiger partial charge in [0.05, 0.1) is 14.2 Å². The number of hydrogen-bond acceptors (Lipinski definition) is 4. The molecule has 152 valence electrons. The second-order valence-electron chi connectivity index (χ2n) is 6.79. The Hall–Kier alpha value is -3.36. The summed E-state index contributed by atoms with van der Waals surface area (Å²) in [4.78, 5) is 12.6. The molecule has 0 radical (unpaired) electrons. The Morgan fingerprint density at radius 2 is 1.80 bits per heavy atom. The first kappa shape index (κ1) is 21.4. The van der Waals surface area contributed by atoms with E-state index in [2.05, 4.69) is 6.07 Å². The Bertz CT molecular complexity index is 1090. The van der Waals surface area contributed by atoms with Crippen molar-refractivity contribution in [2.75, 3.05) is 14.2 Å². The number of pyridine rings is 1. The van der Waals surface area contributed by atoms with Crippen LogP contribution < -0.4 is 14.0 Å². The number of nitrogens with zero attached hydrogens (tertiary/aromatic N) is 2. The molecule has 0 amide bonds. The van der Waals surface area contributed by atoms with E-state index in [9.17, 15) is 10.1 Å². The molecule has 0 unspecified atom stereocenters. The van der Waals surface area contributed by atoms with Crippen LogP contribution in [0.3, 0.4) is 0 Å². The number of carbonyl (C=O) groups is 1. The lowest BCUT2D eigenvalue weighted by molar-refractivity contribution is -0.688. The lowest BCUT2D eigenvalue weighted by Crippen LogP contribution is -2.34. The fourth-order valence-corrected chi connectivity index (χ4v) is 3.31. The van der Waals surface area contributed by atoms with Gasteiger partial charge in [0.1, 0.15) is 11.6 Å². The minimum atomic E-state index is -0.0160. The maximum absolute atomic E-state index is 12.6. The molecule has 0 bridgehead atoms. The van der Waals surface area contributed by atoms with Gasteiger partial charge in [0.15, 0.2) is 36.2 Å². The van der Waals surface area contributed by atoms with Gasteiger partial charge in [0.25, 0.3) is 0 Å². The van der Waals surface area contributed by atoms with Crippen LogP contribution >= 0.6 is 11.6 Å². The van der Waals surface area contributed by atoms with Crippen LogP contribution in [0.15, 0.2) is 60.9 Å². The highest BCUT2D eigenvalue weighted by Crippen LogP contribution is 2.28. The molecule has 2 aromatic carbocycles. The first-order valence-corrected chi connectivity index (χ1v) is 9.83. The van der Waals surface area contributed by atoms with Gasteiger partial charge < -0.3 is 9.47 Å². The third-order valence-electron chi connectivity index (χ3n) is 4.83. The van der Waals surface area contributed by atoms with Crippen LogP contribution in [0.25, 0.3) is 0 Å². The third kappa shape index (κ3) is 5.16. The van der Waals surface area contributed by atoms with Crippen LogP contribution in [0, 0.1) is 11.3 Å². The van der Waals surface area contributed by atoms with Gasteiger partial charge in [-0.2, -0.15) is 9.83 Å². The Morgan fingerprint density at radius 3 is 2.47 bits per heavy atom. The van der Waals surface area contributed by atoms with Gasteiger partial charge in [-0.05, 0) is 42.3 Å². The molecular weight excluding hydrogens is 400 g/mol. The van der Waals surface area contributed by atoms with E-state index in [0.717, 1.165) is 11.1 Å². The first-order valence-electron chi connectivity index (χ1n) is 9.45. The van der Waals surface area contributed by atoms with Crippen molar-refractivity contribution in [2.45, 2.75) is 19.4 Å². The zero-order valence-corrected chi connectivity index (χ0v) is 17.6. The summed E-state index contributed by atoms with van der Waals surface area (Å²) in [5, 5.41) is 10.2. The van der Waals surface area contributed by atoms with Crippen molar-refractivity contribution in [3.63, 3.8) is 0 Å². The molecule has 0 aliphatic carbocycles. The summed E-state index contributed by atoms with van der Waals surface area (Å²) in [5.41, 5.74) is 3.05. The number of ketones is 1. The van der Waals surface area contributed by atoms with Crippen LogP contribution in [0.4, 0.5) is 0 Å². The van der Waals surface area contributed by atoms with Crippen LogP contribution in [0.1, 0.15) is 33.5 Å². The van der Waals surface area contributed by atoms with Crippen molar-refractivity contribution in [1.29, 1.82) is 5.26 Å². The Kier molecular flexibility index (Phi) is 7.05. The minimum Gasteiger partial charge on any atom is -0.493 e. The van der Waals surface area contributed by atoms with E-state index < -0.39 is 0 Å². The van der Waals surface area contributed by atoms with Crippen LogP contribution in [0.5, 0.6) is 11.5 Å². The molecular formula is C24H22ClN2O3+. The lowest BCUT2D eigenvalue weighted by Gasteiger charge is -2.09. The molecule has 30 heavy (non-hydrogen) atoms. The standard InChI is InChI=1S/C24H22ClN2O3/c1-29-23-10-6-19(13-24(23)30-2)22(28)9-5-18-11-12-27(16-20(18)14-26)15-17-3-7-21(25)8-4-17/h3-4,6-8,10-13,16H,5,9,15H2,1-2H3/q+1. The molecule has 0 fully saturated rings. The van der Waals surface area contributed by atoms with E-state index in [0.29, 0.717) is 47.0 Å². The molecule has 6 heteroatoms. The molecule has 3 rings (SSSR count). The largest absolute Gasteiger partial charge is 0.493 e. The van der Waals surface area contributed by atoms with E-state index in [4.69, 9.17) is 21.1 Å². The van der Waals surface area contributed by atoms with Gasteiger partial charge in [-0.25, -0.2) is 0 Å². The number of aromatic nitrogens is 1. The zero-order chi connectivity index (χ0) is 21.5. The summed E-state index contributed by atoms with van der Waals surface area (Å²) >= 11 is 5.93. The topological polar surface area (TPSA) is 63.2 Å². The van der Waals surface area contributed by atoms with Crippen molar-refractivity contribution < 1.29 is 18.8 Å². The number of halogens is 1. The van der Waals surface area contributed by atoms with Gasteiger partial charge in [-0.3, -0.25) is 4.79 Å². The van der Waals surface area contributed by atoms with Crippen molar-refractivity contribution in [3.05, 3.63) is 88.2 Å². The molecule has 1 aromatic heterocycles. The number of methoxy groups -OCH3 is 2. The number of benzene rings is 2.